The van der Waals surface area contributed by atoms with Crippen LogP contribution in [0.2, 0.25) is 0 Å². The van der Waals surface area contributed by atoms with Crippen LogP contribution in [0.15, 0.2) is 24.4 Å². The highest BCUT2D eigenvalue weighted by atomic mass is 35.5. The minimum Gasteiger partial charge on any atom is -0.359 e. The van der Waals surface area contributed by atoms with E-state index in [1.54, 1.807) is 13.2 Å². The highest BCUT2D eigenvalue weighted by Crippen LogP contribution is 1.93. The molecule has 66 valence electrons. The Morgan fingerprint density at radius 3 is 2.83 bits per heavy atom. The Balaban J connectivity index is 0.00000121. The predicted octanol–water partition coefficient (Wildman–Crippen LogP) is 0.792. The molecule has 0 fully saturated rings. The van der Waals surface area contributed by atoms with E-state index in [9.17, 15) is 4.79 Å². The van der Waals surface area contributed by atoms with Gasteiger partial charge >= 0.3 is 0 Å². The first kappa shape index (κ1) is 10.9. The van der Waals surface area contributed by atoms with E-state index in [1.807, 2.05) is 18.2 Å². The van der Waals surface area contributed by atoms with Gasteiger partial charge in [0.1, 0.15) is 0 Å². The third-order valence-electron chi connectivity index (χ3n) is 1.35. The van der Waals surface area contributed by atoms with Crippen LogP contribution in [0, 0.1) is 0 Å². The molecule has 0 saturated carbocycles. The number of nitrogens with zero attached hydrogens (tertiary/aromatic N) is 1. The number of amides is 1. The summed E-state index contributed by atoms with van der Waals surface area (Å²) in [6.07, 6.45) is 2.04. The van der Waals surface area contributed by atoms with Gasteiger partial charge in [-0.15, -0.1) is 12.4 Å². The molecule has 0 aliphatic carbocycles. The number of aromatic nitrogens is 1. The van der Waals surface area contributed by atoms with Crippen LogP contribution in [0.1, 0.15) is 5.69 Å². The van der Waals surface area contributed by atoms with E-state index in [4.69, 9.17) is 0 Å². The normalized spacial score (nSPS) is 8.42. The number of carbonyl (C=O) groups is 1. The van der Waals surface area contributed by atoms with Gasteiger partial charge in [0.15, 0.2) is 0 Å². The lowest BCUT2D eigenvalue weighted by atomic mass is 10.2. The van der Waals surface area contributed by atoms with Crippen molar-refractivity contribution in [1.82, 2.24) is 10.3 Å². The van der Waals surface area contributed by atoms with Crippen LogP contribution in [0.4, 0.5) is 0 Å². The van der Waals surface area contributed by atoms with Crippen molar-refractivity contribution < 1.29 is 4.79 Å². The summed E-state index contributed by atoms with van der Waals surface area (Å²) in [5.74, 6) is -0.0105. The van der Waals surface area contributed by atoms with Crippen LogP contribution >= 0.6 is 12.4 Å². The van der Waals surface area contributed by atoms with Crippen molar-refractivity contribution in [2.45, 2.75) is 6.42 Å². The molecule has 1 N–H and O–H groups in total. The maximum absolute atomic E-state index is 10.8. The van der Waals surface area contributed by atoms with Gasteiger partial charge in [0, 0.05) is 18.9 Å². The van der Waals surface area contributed by atoms with Crippen molar-refractivity contribution >= 4 is 18.3 Å². The number of rotatable bonds is 2. The standard InChI is InChI=1S/C8H10N2O.ClH/c1-9-8(11)6-7-4-2-3-5-10-7;/h2-5H,6H2,1H3,(H,9,11);1H. The van der Waals surface area contributed by atoms with Gasteiger partial charge in [-0.2, -0.15) is 0 Å². The average molecular weight is 187 g/mol. The van der Waals surface area contributed by atoms with Crippen molar-refractivity contribution in [2.75, 3.05) is 7.05 Å². The summed E-state index contributed by atoms with van der Waals surface area (Å²) in [7, 11) is 1.62. The average Bonchev–Trinajstić information content (AvgIpc) is 2.06. The van der Waals surface area contributed by atoms with Crippen LogP contribution in [-0.4, -0.2) is 17.9 Å². The second-order valence-corrected chi connectivity index (χ2v) is 2.17. The van der Waals surface area contributed by atoms with E-state index in [0.717, 1.165) is 5.69 Å². The zero-order valence-corrected chi connectivity index (χ0v) is 7.60. The third kappa shape index (κ3) is 3.34. The molecule has 1 amide bonds. The molecule has 1 aromatic heterocycles. The Labute approximate surface area is 77.6 Å². The van der Waals surface area contributed by atoms with Crippen LogP contribution in [-0.2, 0) is 11.2 Å². The number of likely N-dealkylation sites (N-methyl/N-ethyl adjacent to an activating group) is 1. The zero-order chi connectivity index (χ0) is 8.10. The fourth-order valence-corrected chi connectivity index (χ4v) is 0.756. The molecular formula is C8H11ClN2O. The van der Waals surface area contributed by atoms with Crippen molar-refractivity contribution in [2.24, 2.45) is 0 Å². The van der Waals surface area contributed by atoms with Gasteiger partial charge in [-0.3, -0.25) is 9.78 Å². The lowest BCUT2D eigenvalue weighted by Crippen LogP contribution is -2.20. The molecule has 1 rings (SSSR count). The summed E-state index contributed by atoms with van der Waals surface area (Å²) >= 11 is 0. The maximum atomic E-state index is 10.8. The van der Waals surface area contributed by atoms with E-state index in [1.165, 1.54) is 0 Å². The lowest BCUT2D eigenvalue weighted by molar-refractivity contribution is -0.120. The predicted molar refractivity (Wildman–Crippen MR) is 49.3 cm³/mol. The van der Waals surface area contributed by atoms with Gasteiger partial charge in [0.05, 0.1) is 6.42 Å². The summed E-state index contributed by atoms with van der Waals surface area (Å²) in [5.41, 5.74) is 0.798. The fraction of sp³-hybridized carbons (Fsp3) is 0.250. The second-order valence-electron chi connectivity index (χ2n) is 2.17. The van der Waals surface area contributed by atoms with E-state index < -0.39 is 0 Å². The number of hydrogen-bond acceptors (Lipinski definition) is 2. The molecule has 0 radical (unpaired) electrons. The largest absolute Gasteiger partial charge is 0.359 e. The fourth-order valence-electron chi connectivity index (χ4n) is 0.756. The molecule has 0 aliphatic heterocycles. The molecule has 12 heavy (non-hydrogen) atoms. The summed E-state index contributed by atoms with van der Waals surface area (Å²) in [6, 6.07) is 5.52. The van der Waals surface area contributed by atoms with Crippen LogP contribution < -0.4 is 5.32 Å². The number of pyridine rings is 1. The van der Waals surface area contributed by atoms with E-state index >= 15 is 0 Å². The van der Waals surface area contributed by atoms with Gasteiger partial charge in [-0.05, 0) is 12.1 Å². The zero-order valence-electron chi connectivity index (χ0n) is 6.78. The highest BCUT2D eigenvalue weighted by Gasteiger charge is 1.99. The Bertz CT molecular complexity index is 238. The van der Waals surface area contributed by atoms with Crippen LogP contribution in [0.3, 0.4) is 0 Å². The quantitative estimate of drug-likeness (QED) is 0.742. The van der Waals surface area contributed by atoms with Crippen LogP contribution in [0.25, 0.3) is 0 Å². The maximum Gasteiger partial charge on any atom is 0.225 e. The first-order chi connectivity index (χ1) is 5.33. The molecule has 0 aliphatic rings. The topological polar surface area (TPSA) is 42.0 Å². The molecule has 0 saturated heterocycles. The van der Waals surface area contributed by atoms with Gasteiger partial charge in [0.25, 0.3) is 0 Å². The third-order valence-corrected chi connectivity index (χ3v) is 1.35. The van der Waals surface area contributed by atoms with Gasteiger partial charge in [-0.1, -0.05) is 6.07 Å². The summed E-state index contributed by atoms with van der Waals surface area (Å²) in [6.45, 7) is 0. The van der Waals surface area contributed by atoms with E-state index in [0.29, 0.717) is 6.42 Å². The van der Waals surface area contributed by atoms with Gasteiger partial charge in [-0.25, -0.2) is 0 Å². The molecule has 0 aromatic carbocycles. The summed E-state index contributed by atoms with van der Waals surface area (Å²) < 4.78 is 0. The Kier molecular flexibility index (Phi) is 5.04. The van der Waals surface area contributed by atoms with Gasteiger partial charge < -0.3 is 5.32 Å². The second kappa shape index (κ2) is 5.55. The van der Waals surface area contributed by atoms with E-state index in [2.05, 4.69) is 10.3 Å². The van der Waals surface area contributed by atoms with Gasteiger partial charge in [0.2, 0.25) is 5.91 Å². The van der Waals surface area contributed by atoms with Crippen molar-refractivity contribution in [3.63, 3.8) is 0 Å². The Morgan fingerprint density at radius 2 is 2.33 bits per heavy atom. The minimum atomic E-state index is -0.0105. The van der Waals surface area contributed by atoms with Crippen molar-refractivity contribution in [3.05, 3.63) is 30.1 Å². The van der Waals surface area contributed by atoms with Crippen molar-refractivity contribution in [1.29, 1.82) is 0 Å². The number of carbonyl (C=O) groups excluding carboxylic acids is 1. The molecule has 3 nitrogen and oxygen atoms in total. The monoisotopic (exact) mass is 186 g/mol. The SMILES string of the molecule is CNC(=O)Cc1ccccn1.Cl. The Hall–Kier alpha value is -1.09. The highest BCUT2D eigenvalue weighted by molar-refractivity contribution is 5.85. The Morgan fingerprint density at radius 1 is 1.58 bits per heavy atom. The smallest absolute Gasteiger partial charge is 0.225 e. The number of halogens is 1. The molecule has 1 heterocycles. The summed E-state index contributed by atoms with van der Waals surface area (Å²) in [4.78, 5) is 14.8. The number of nitrogens with one attached hydrogen (secondary N) is 1. The van der Waals surface area contributed by atoms with Crippen LogP contribution in [0.5, 0.6) is 0 Å². The number of hydrogen-bond donors (Lipinski definition) is 1. The first-order valence-corrected chi connectivity index (χ1v) is 3.43. The molecule has 0 bridgehead atoms. The molecule has 1 aromatic rings. The minimum absolute atomic E-state index is 0. The molecule has 0 unspecified atom stereocenters. The van der Waals surface area contributed by atoms with E-state index in [-0.39, 0.29) is 18.3 Å². The summed E-state index contributed by atoms with van der Waals surface area (Å²) in [5, 5.41) is 2.53. The molecular weight excluding hydrogens is 176 g/mol. The molecule has 0 atom stereocenters. The molecule has 4 heteroatoms. The van der Waals surface area contributed by atoms with Crippen molar-refractivity contribution in [3.8, 4) is 0 Å². The lowest BCUT2D eigenvalue weighted by Gasteiger charge is -1.97. The first-order valence-electron chi connectivity index (χ1n) is 3.43. The molecule has 0 spiro atoms.